The van der Waals surface area contributed by atoms with Crippen LogP contribution in [0.1, 0.15) is 17.0 Å². The van der Waals surface area contributed by atoms with Crippen molar-refractivity contribution in [1.29, 1.82) is 0 Å². The number of hydrogen-bond donors (Lipinski definition) is 1. The molecule has 7 nitrogen and oxygen atoms in total. The molecule has 1 aromatic heterocycles. The van der Waals surface area contributed by atoms with Gasteiger partial charge in [0.25, 0.3) is 5.56 Å². The van der Waals surface area contributed by atoms with Crippen LogP contribution in [0.25, 0.3) is 0 Å². The maximum atomic E-state index is 12.9. The lowest BCUT2D eigenvalue weighted by Crippen LogP contribution is -2.43. The normalized spacial score (nSPS) is 18.5. The van der Waals surface area contributed by atoms with Crippen molar-refractivity contribution in [1.82, 2.24) is 9.13 Å². The van der Waals surface area contributed by atoms with Crippen molar-refractivity contribution >= 4 is 27.7 Å². The zero-order valence-electron chi connectivity index (χ0n) is 13.5. The number of fused-ring (bicyclic) bond motifs is 1. The van der Waals surface area contributed by atoms with Crippen LogP contribution in [-0.2, 0) is 23.6 Å². The molecule has 0 spiro atoms. The van der Waals surface area contributed by atoms with Gasteiger partial charge in [0.1, 0.15) is 12.4 Å². The second kappa shape index (κ2) is 5.45. The van der Waals surface area contributed by atoms with E-state index >= 15 is 0 Å². The van der Waals surface area contributed by atoms with Crippen molar-refractivity contribution in [3.05, 3.63) is 72.0 Å². The van der Waals surface area contributed by atoms with Crippen LogP contribution in [-0.4, -0.2) is 21.7 Å². The Kier molecular flexibility index (Phi) is 3.47. The van der Waals surface area contributed by atoms with Gasteiger partial charge in [-0.3, -0.25) is 13.9 Å². The molecule has 2 aliphatic rings. The number of cyclic esters (lactones) is 1. The summed E-state index contributed by atoms with van der Waals surface area (Å²) in [6.45, 7) is 0.101. The van der Waals surface area contributed by atoms with Gasteiger partial charge in [0.15, 0.2) is 0 Å². The summed E-state index contributed by atoms with van der Waals surface area (Å²) in [5.74, 6) is -0.630. The van der Waals surface area contributed by atoms with Crippen molar-refractivity contribution in [2.24, 2.45) is 14.1 Å². The van der Waals surface area contributed by atoms with Gasteiger partial charge >= 0.3 is 11.7 Å². The molecule has 0 aliphatic carbocycles. The van der Waals surface area contributed by atoms with Gasteiger partial charge in [-0.15, -0.1) is 0 Å². The number of nitrogens with one attached hydrogen (secondary N) is 1. The van der Waals surface area contributed by atoms with Gasteiger partial charge in [-0.2, -0.15) is 0 Å². The molecule has 0 bridgehead atoms. The Morgan fingerprint density at radius 1 is 1.12 bits per heavy atom. The van der Waals surface area contributed by atoms with E-state index in [0.29, 0.717) is 22.7 Å². The quantitative estimate of drug-likeness (QED) is 0.723. The summed E-state index contributed by atoms with van der Waals surface area (Å²) in [5.41, 5.74) is 1.31. The van der Waals surface area contributed by atoms with E-state index in [4.69, 9.17) is 4.74 Å². The van der Waals surface area contributed by atoms with Gasteiger partial charge in [-0.05, 0) is 17.7 Å². The van der Waals surface area contributed by atoms with Crippen LogP contribution >= 0.6 is 15.9 Å². The highest BCUT2D eigenvalue weighted by Crippen LogP contribution is 2.42. The molecule has 1 N–H and O–H groups in total. The van der Waals surface area contributed by atoms with Gasteiger partial charge in [0.2, 0.25) is 0 Å². The minimum atomic E-state index is -0.583. The van der Waals surface area contributed by atoms with Crippen molar-refractivity contribution in [2.45, 2.75) is 5.92 Å². The summed E-state index contributed by atoms with van der Waals surface area (Å²) in [7, 11) is 3.02. The lowest BCUT2D eigenvalue weighted by molar-refractivity contribution is -0.136. The molecule has 2 aromatic rings. The molecule has 1 atom stereocenters. The van der Waals surface area contributed by atoms with Gasteiger partial charge in [0.05, 0.1) is 22.8 Å². The van der Waals surface area contributed by atoms with Crippen LogP contribution in [0.3, 0.4) is 0 Å². The molecular weight excluding hydrogens is 390 g/mol. The van der Waals surface area contributed by atoms with Gasteiger partial charge in [-0.1, -0.05) is 28.1 Å². The molecule has 0 saturated heterocycles. The second-order valence-corrected chi connectivity index (χ2v) is 6.96. The Morgan fingerprint density at radius 2 is 1.80 bits per heavy atom. The molecule has 0 amide bonds. The number of esters is 1. The number of nitrogens with zero attached hydrogens (tertiary/aromatic N) is 2. The largest absolute Gasteiger partial charge is 0.456 e. The first-order valence-electron chi connectivity index (χ1n) is 7.62. The SMILES string of the molecule is Cn1c2c(c(=O)n(C)c1=O)C(c1ccc(Br)cc1)C1=C(COC1=O)N2. The Hall–Kier alpha value is -2.61. The molecule has 1 aromatic carbocycles. The number of carbonyl (C=O) groups excluding carboxylic acids is 1. The monoisotopic (exact) mass is 403 g/mol. The molecule has 0 fully saturated rings. The third kappa shape index (κ3) is 2.21. The van der Waals surface area contributed by atoms with E-state index in [-0.39, 0.29) is 6.61 Å². The van der Waals surface area contributed by atoms with Crippen LogP contribution in [0.4, 0.5) is 5.82 Å². The zero-order valence-corrected chi connectivity index (χ0v) is 15.1. The summed E-state index contributed by atoms with van der Waals surface area (Å²) in [6, 6.07) is 7.41. The number of ether oxygens (including phenoxy) is 1. The molecule has 0 saturated carbocycles. The lowest BCUT2D eigenvalue weighted by Gasteiger charge is -2.28. The van der Waals surface area contributed by atoms with Crippen LogP contribution < -0.4 is 16.6 Å². The molecular formula is C17H14BrN3O4. The van der Waals surface area contributed by atoms with Crippen molar-refractivity contribution < 1.29 is 9.53 Å². The fourth-order valence-electron chi connectivity index (χ4n) is 3.37. The van der Waals surface area contributed by atoms with Gasteiger partial charge < -0.3 is 10.1 Å². The van der Waals surface area contributed by atoms with Gasteiger partial charge in [0, 0.05) is 18.6 Å². The van der Waals surface area contributed by atoms with E-state index in [1.165, 1.54) is 11.6 Å². The third-order valence-corrected chi connectivity index (χ3v) is 5.17. The van der Waals surface area contributed by atoms with E-state index in [0.717, 1.165) is 14.6 Å². The number of anilines is 1. The van der Waals surface area contributed by atoms with E-state index in [2.05, 4.69) is 21.2 Å². The fraction of sp³-hybridized carbons (Fsp3) is 0.235. The molecule has 25 heavy (non-hydrogen) atoms. The Bertz CT molecular complexity index is 1060. The molecule has 8 heteroatoms. The average Bonchev–Trinajstić information content (AvgIpc) is 2.98. The van der Waals surface area contributed by atoms with E-state index in [1.807, 2.05) is 24.3 Å². The topological polar surface area (TPSA) is 82.3 Å². The standard InChI is InChI=1S/C17H14BrN3O4/c1-20-14-13(15(22)21(2)17(20)24)11(8-3-5-9(18)6-4-8)12-10(19-14)7-25-16(12)23/h3-6,11,19H,7H2,1-2H3. The van der Waals surface area contributed by atoms with Crippen LogP contribution in [0, 0.1) is 0 Å². The Morgan fingerprint density at radius 3 is 2.48 bits per heavy atom. The first kappa shape index (κ1) is 15.9. The highest BCUT2D eigenvalue weighted by molar-refractivity contribution is 9.10. The van der Waals surface area contributed by atoms with E-state index in [9.17, 15) is 14.4 Å². The fourth-order valence-corrected chi connectivity index (χ4v) is 3.63. The van der Waals surface area contributed by atoms with Crippen molar-refractivity contribution in [2.75, 3.05) is 11.9 Å². The Labute approximate surface area is 150 Å². The smallest absolute Gasteiger partial charge is 0.337 e. The highest BCUT2D eigenvalue weighted by Gasteiger charge is 2.41. The van der Waals surface area contributed by atoms with E-state index in [1.54, 1.807) is 7.05 Å². The highest BCUT2D eigenvalue weighted by atomic mass is 79.9. The van der Waals surface area contributed by atoms with Crippen molar-refractivity contribution in [3.8, 4) is 0 Å². The van der Waals surface area contributed by atoms with E-state index < -0.39 is 23.1 Å². The zero-order chi connectivity index (χ0) is 17.9. The first-order valence-corrected chi connectivity index (χ1v) is 8.42. The predicted octanol–water partition coefficient (Wildman–Crippen LogP) is 1.21. The molecule has 3 heterocycles. The molecule has 1 unspecified atom stereocenters. The minimum Gasteiger partial charge on any atom is -0.456 e. The van der Waals surface area contributed by atoms with Crippen molar-refractivity contribution in [3.63, 3.8) is 0 Å². The summed E-state index contributed by atoms with van der Waals surface area (Å²) >= 11 is 3.39. The Balaban J connectivity index is 2.08. The summed E-state index contributed by atoms with van der Waals surface area (Å²) < 4.78 is 8.49. The molecule has 0 radical (unpaired) electrons. The maximum absolute atomic E-state index is 12.9. The average molecular weight is 404 g/mol. The second-order valence-electron chi connectivity index (χ2n) is 6.05. The van der Waals surface area contributed by atoms with Gasteiger partial charge in [-0.25, -0.2) is 9.59 Å². The van der Waals surface area contributed by atoms with Crippen LogP contribution in [0.5, 0.6) is 0 Å². The molecule has 4 rings (SSSR count). The third-order valence-electron chi connectivity index (χ3n) is 4.64. The number of rotatable bonds is 1. The first-order chi connectivity index (χ1) is 11.9. The summed E-state index contributed by atoms with van der Waals surface area (Å²) in [4.78, 5) is 37.4. The number of halogens is 1. The number of benzene rings is 1. The number of carbonyl (C=O) groups is 1. The van der Waals surface area contributed by atoms with Crippen LogP contribution in [0.15, 0.2) is 49.6 Å². The summed E-state index contributed by atoms with van der Waals surface area (Å²) in [5, 5.41) is 3.05. The molecule has 2 aliphatic heterocycles. The lowest BCUT2D eigenvalue weighted by atomic mass is 9.83. The summed E-state index contributed by atoms with van der Waals surface area (Å²) in [6.07, 6.45) is 0. The number of aromatic nitrogens is 2. The predicted molar refractivity (Wildman–Crippen MR) is 94.5 cm³/mol. The minimum absolute atomic E-state index is 0.101. The van der Waals surface area contributed by atoms with Crippen LogP contribution in [0.2, 0.25) is 0 Å². The number of hydrogen-bond acceptors (Lipinski definition) is 5. The molecule has 128 valence electrons. The maximum Gasteiger partial charge on any atom is 0.337 e.